The Balaban J connectivity index is 0.00000320. The van der Waals surface area contributed by atoms with Gasteiger partial charge in [0.1, 0.15) is 17.5 Å². The third kappa shape index (κ3) is 4.68. The Labute approximate surface area is 210 Å². The number of allylic oxidation sites excluding steroid dienone is 2. The van der Waals surface area contributed by atoms with Gasteiger partial charge in [0, 0.05) is 45.4 Å². The Kier molecular flexibility index (Phi) is 6.45. The number of fused-ring (bicyclic) bond motifs is 1. The number of amides is 1. The molecule has 2 aliphatic heterocycles. The van der Waals surface area contributed by atoms with E-state index in [2.05, 4.69) is 15.3 Å². The van der Waals surface area contributed by atoms with Crippen molar-refractivity contribution >= 4 is 23.5 Å². The first-order valence-electron chi connectivity index (χ1n) is 12.1. The van der Waals surface area contributed by atoms with Gasteiger partial charge in [-0.2, -0.15) is 0 Å². The van der Waals surface area contributed by atoms with Crippen LogP contribution in [0.25, 0.3) is 0 Å². The number of nitrogens with zero attached hydrogens (tertiary/aromatic N) is 4. The van der Waals surface area contributed by atoms with Crippen molar-refractivity contribution in [2.24, 2.45) is 0 Å². The molecule has 1 amide bonds. The van der Waals surface area contributed by atoms with Crippen LogP contribution >= 0.6 is 0 Å². The third-order valence-corrected chi connectivity index (χ3v) is 6.79. The molecule has 3 heterocycles. The van der Waals surface area contributed by atoms with E-state index in [4.69, 9.17) is 10.8 Å². The highest BCUT2D eigenvalue weighted by molar-refractivity contribution is 6.09. The highest BCUT2D eigenvalue weighted by Gasteiger charge is 2.26. The van der Waals surface area contributed by atoms with E-state index >= 15 is 0 Å². The summed E-state index contributed by atoms with van der Waals surface area (Å²) < 4.78 is 15.0. The second-order valence-corrected chi connectivity index (χ2v) is 9.22. The minimum atomic E-state index is -0.539. The van der Waals surface area contributed by atoms with Crippen LogP contribution in [0.5, 0.6) is 0 Å². The van der Waals surface area contributed by atoms with E-state index in [0.717, 1.165) is 23.1 Å². The van der Waals surface area contributed by atoms with Crippen LogP contribution in [-0.2, 0) is 13.0 Å². The Morgan fingerprint density at radius 1 is 1.19 bits per heavy atom. The minimum absolute atomic E-state index is 0. The average Bonchev–Trinajstić information content (AvgIpc) is 3.23. The standard InChI is InChI=1S/C27H28FN7O.H2/c1-17-13-19(25(30)35-11-3-7-24(35)29)5-2-6-23(17)33-26(36)21-14-20-16-34(27-31-9-4-10-32-27)12-8-18(20)15-22(21)28;/h2,4-6,9-10,13-15,23,29-30H,3,7-8,11-12,16H2,1H3,(H,33,36);1H. The van der Waals surface area contributed by atoms with E-state index in [1.54, 1.807) is 35.5 Å². The number of hydrogen-bond donors (Lipinski definition) is 3. The molecule has 3 N–H and O–H groups in total. The summed E-state index contributed by atoms with van der Waals surface area (Å²) in [5, 5.41) is 19.5. The lowest BCUT2D eigenvalue weighted by atomic mass is 9.96. The van der Waals surface area contributed by atoms with E-state index < -0.39 is 17.8 Å². The number of amidine groups is 2. The molecule has 0 spiro atoms. The summed E-state index contributed by atoms with van der Waals surface area (Å²) in [6.45, 7) is 3.72. The lowest BCUT2D eigenvalue weighted by Crippen LogP contribution is -2.36. The van der Waals surface area contributed by atoms with E-state index in [1.165, 1.54) is 6.07 Å². The average molecular weight is 488 g/mol. The maximum Gasteiger partial charge on any atom is 0.254 e. The van der Waals surface area contributed by atoms with E-state index in [-0.39, 0.29) is 12.8 Å². The molecule has 186 valence electrons. The van der Waals surface area contributed by atoms with Crippen molar-refractivity contribution in [3.8, 4) is 0 Å². The predicted molar refractivity (Wildman–Crippen MR) is 139 cm³/mol. The van der Waals surface area contributed by atoms with Crippen LogP contribution in [-0.4, -0.2) is 51.6 Å². The van der Waals surface area contributed by atoms with Gasteiger partial charge >= 0.3 is 0 Å². The van der Waals surface area contributed by atoms with Crippen molar-refractivity contribution in [2.75, 3.05) is 18.0 Å². The number of benzene rings is 1. The van der Waals surface area contributed by atoms with Crippen LogP contribution in [0.3, 0.4) is 0 Å². The molecule has 2 aromatic rings. The lowest BCUT2D eigenvalue weighted by Gasteiger charge is -2.29. The van der Waals surface area contributed by atoms with E-state index in [9.17, 15) is 9.18 Å². The zero-order valence-electron chi connectivity index (χ0n) is 20.1. The summed E-state index contributed by atoms with van der Waals surface area (Å²) in [4.78, 5) is 25.5. The summed E-state index contributed by atoms with van der Waals surface area (Å²) in [6, 6.07) is 4.41. The lowest BCUT2D eigenvalue weighted by molar-refractivity contribution is 0.0944. The molecular formula is C27H30FN7O. The molecule has 3 aliphatic rings. The van der Waals surface area contributed by atoms with Gasteiger partial charge in [-0.3, -0.25) is 15.6 Å². The zero-order valence-corrected chi connectivity index (χ0v) is 20.1. The number of nitrogens with one attached hydrogen (secondary N) is 3. The largest absolute Gasteiger partial charge is 0.342 e. The number of likely N-dealkylation sites (tertiary alicyclic amines) is 1. The molecule has 1 saturated heterocycles. The van der Waals surface area contributed by atoms with Gasteiger partial charge in [0.05, 0.1) is 11.6 Å². The highest BCUT2D eigenvalue weighted by atomic mass is 19.1. The number of aromatic nitrogens is 2. The molecule has 36 heavy (non-hydrogen) atoms. The van der Waals surface area contributed by atoms with Gasteiger partial charge < -0.3 is 15.1 Å². The molecule has 0 bridgehead atoms. The van der Waals surface area contributed by atoms with Gasteiger partial charge in [0.2, 0.25) is 5.95 Å². The second-order valence-electron chi connectivity index (χ2n) is 9.22. The topological polar surface area (TPSA) is 109 Å². The van der Waals surface area contributed by atoms with Crippen molar-refractivity contribution in [3.63, 3.8) is 0 Å². The van der Waals surface area contributed by atoms with Gasteiger partial charge in [0.15, 0.2) is 0 Å². The summed E-state index contributed by atoms with van der Waals surface area (Å²) in [5.74, 6) is 0.306. The van der Waals surface area contributed by atoms with Gasteiger partial charge in [-0.15, -0.1) is 0 Å². The number of halogens is 1. The van der Waals surface area contributed by atoms with Crippen LogP contribution in [0.15, 0.2) is 66.0 Å². The predicted octanol–water partition coefficient (Wildman–Crippen LogP) is 4.02. The van der Waals surface area contributed by atoms with Crippen LogP contribution < -0.4 is 10.2 Å². The fraction of sp³-hybridized carbons (Fsp3) is 0.296. The molecule has 1 unspecified atom stereocenters. The van der Waals surface area contributed by atoms with Crippen molar-refractivity contribution < 1.29 is 10.6 Å². The van der Waals surface area contributed by atoms with Gasteiger partial charge in [-0.1, -0.05) is 18.2 Å². The first-order valence-corrected chi connectivity index (χ1v) is 12.1. The molecule has 1 aromatic heterocycles. The molecule has 9 heteroatoms. The first-order chi connectivity index (χ1) is 17.4. The number of carbonyl (C=O) groups excluding carboxylic acids is 1. The molecule has 5 rings (SSSR count). The Morgan fingerprint density at radius 2 is 2.00 bits per heavy atom. The van der Waals surface area contributed by atoms with Gasteiger partial charge in [0.25, 0.3) is 5.91 Å². The Morgan fingerprint density at radius 3 is 2.75 bits per heavy atom. The third-order valence-electron chi connectivity index (χ3n) is 6.79. The summed E-state index contributed by atoms with van der Waals surface area (Å²) >= 11 is 0. The molecule has 0 saturated carbocycles. The number of hydrogen-bond acceptors (Lipinski definition) is 6. The van der Waals surface area contributed by atoms with Crippen LogP contribution in [0.1, 0.15) is 42.7 Å². The summed E-state index contributed by atoms with van der Waals surface area (Å²) in [5.41, 5.74) is 3.28. The summed E-state index contributed by atoms with van der Waals surface area (Å²) in [6.07, 6.45) is 12.8. The molecule has 0 radical (unpaired) electrons. The first kappa shape index (κ1) is 23.6. The molecule has 8 nitrogen and oxygen atoms in total. The fourth-order valence-corrected chi connectivity index (χ4v) is 4.79. The number of anilines is 1. The van der Waals surface area contributed by atoms with Crippen LogP contribution in [0.4, 0.5) is 10.3 Å². The van der Waals surface area contributed by atoms with Crippen molar-refractivity contribution in [1.29, 1.82) is 10.8 Å². The normalized spacial score (nSPS) is 19.4. The van der Waals surface area contributed by atoms with Gasteiger partial charge in [-0.25, -0.2) is 14.4 Å². The second kappa shape index (κ2) is 9.85. The smallest absolute Gasteiger partial charge is 0.254 e. The Hall–Kier alpha value is -4.14. The number of carbonyl (C=O) groups is 1. The zero-order chi connectivity index (χ0) is 25.2. The molecule has 1 aliphatic carbocycles. The monoisotopic (exact) mass is 487 g/mol. The van der Waals surface area contributed by atoms with Crippen molar-refractivity contribution in [1.82, 2.24) is 20.2 Å². The Bertz CT molecular complexity index is 1320. The van der Waals surface area contributed by atoms with Crippen molar-refractivity contribution in [2.45, 2.75) is 38.8 Å². The van der Waals surface area contributed by atoms with Gasteiger partial charge in [-0.05, 0) is 60.7 Å². The molecular weight excluding hydrogens is 457 g/mol. The maximum absolute atomic E-state index is 15.0. The van der Waals surface area contributed by atoms with Crippen molar-refractivity contribution in [3.05, 3.63) is 88.6 Å². The molecule has 1 aromatic carbocycles. The van der Waals surface area contributed by atoms with Crippen LogP contribution in [0, 0.1) is 16.6 Å². The highest BCUT2D eigenvalue weighted by Crippen LogP contribution is 2.25. The molecule has 1 fully saturated rings. The van der Waals surface area contributed by atoms with Crippen LogP contribution in [0.2, 0.25) is 0 Å². The van der Waals surface area contributed by atoms with E-state index in [0.29, 0.717) is 49.8 Å². The minimum Gasteiger partial charge on any atom is -0.342 e. The fourth-order valence-electron chi connectivity index (χ4n) is 4.79. The summed E-state index contributed by atoms with van der Waals surface area (Å²) in [7, 11) is 0. The quantitative estimate of drug-likeness (QED) is 0.446. The van der Waals surface area contributed by atoms with E-state index in [1.807, 2.05) is 30.1 Å². The number of rotatable bonds is 4. The maximum atomic E-state index is 15.0. The molecule has 1 atom stereocenters. The SMILES string of the molecule is CC1=CC(C(=N)N2CCCC2=N)=CC=CC1NC(=O)c1cc2c(cc1F)CCN(c1ncccn1)C2.[HH].